The number of anilines is 2. The molecule has 2 aromatic carbocycles. The number of esters is 1. The lowest BCUT2D eigenvalue weighted by Gasteiger charge is -2.14. The molecule has 2 N–H and O–H groups in total. The van der Waals surface area contributed by atoms with Crippen LogP contribution in [0, 0.1) is 5.82 Å². The Morgan fingerprint density at radius 3 is 2.84 bits per heavy atom. The van der Waals surface area contributed by atoms with Gasteiger partial charge in [0.2, 0.25) is 0 Å². The summed E-state index contributed by atoms with van der Waals surface area (Å²) >= 11 is 7.10. The molecule has 4 rings (SSSR count). The van der Waals surface area contributed by atoms with Gasteiger partial charge in [0.05, 0.1) is 22.9 Å². The Labute approximate surface area is 191 Å². The summed E-state index contributed by atoms with van der Waals surface area (Å²) in [5.41, 5.74) is 1.11. The van der Waals surface area contributed by atoms with E-state index in [-0.39, 0.29) is 16.5 Å². The highest BCUT2D eigenvalue weighted by Crippen LogP contribution is 2.35. The standard InChI is InChI=1S/C21H17ClFN5O3S/c1-2-30-17-9-16-13(8-18(17)31-19(29)10-32-21-24-5-6-25-21)20(27-11-26-16)28-12-3-4-15(23)14(22)7-12/h3-9,11H,2,10H2,1H3,(H,24,25)(H,26,27,28). The highest BCUT2D eigenvalue weighted by Gasteiger charge is 2.16. The molecule has 0 amide bonds. The van der Waals surface area contributed by atoms with Gasteiger partial charge in [-0.3, -0.25) is 4.79 Å². The van der Waals surface area contributed by atoms with Crippen molar-refractivity contribution in [2.45, 2.75) is 12.1 Å². The molecule has 0 atom stereocenters. The van der Waals surface area contributed by atoms with Gasteiger partial charge in [0, 0.05) is 29.5 Å². The summed E-state index contributed by atoms with van der Waals surface area (Å²) in [6.45, 7) is 2.20. The lowest BCUT2D eigenvalue weighted by atomic mass is 10.2. The van der Waals surface area contributed by atoms with Crippen molar-refractivity contribution in [3.63, 3.8) is 0 Å². The number of imidazole rings is 1. The van der Waals surface area contributed by atoms with Gasteiger partial charge in [-0.05, 0) is 31.2 Å². The molecule has 0 bridgehead atoms. The average Bonchev–Trinajstić information content (AvgIpc) is 3.30. The first-order chi connectivity index (χ1) is 15.5. The molecule has 0 spiro atoms. The fraction of sp³-hybridized carbons (Fsp3) is 0.143. The monoisotopic (exact) mass is 473 g/mol. The Bertz CT molecular complexity index is 1260. The van der Waals surface area contributed by atoms with Crippen molar-refractivity contribution in [1.82, 2.24) is 19.9 Å². The minimum Gasteiger partial charge on any atom is -0.490 e. The molecule has 2 aromatic heterocycles. The summed E-state index contributed by atoms with van der Waals surface area (Å²) in [4.78, 5) is 27.9. The molecule has 32 heavy (non-hydrogen) atoms. The summed E-state index contributed by atoms with van der Waals surface area (Å²) < 4.78 is 24.7. The van der Waals surface area contributed by atoms with Crippen LogP contribution in [0.25, 0.3) is 10.9 Å². The predicted molar refractivity (Wildman–Crippen MR) is 120 cm³/mol. The molecule has 2 heterocycles. The quantitative estimate of drug-likeness (QED) is 0.210. The molecule has 0 unspecified atom stereocenters. The van der Waals surface area contributed by atoms with Gasteiger partial charge in [0.25, 0.3) is 0 Å². The number of carbonyl (C=O) groups is 1. The fourth-order valence-electron chi connectivity index (χ4n) is 2.83. The Hall–Kier alpha value is -3.37. The second kappa shape index (κ2) is 9.84. The van der Waals surface area contributed by atoms with Crippen molar-refractivity contribution in [3.8, 4) is 11.5 Å². The molecule has 0 saturated heterocycles. The number of nitrogens with zero attached hydrogens (tertiary/aromatic N) is 3. The number of rotatable bonds is 8. The van der Waals surface area contributed by atoms with Crippen LogP contribution in [0.1, 0.15) is 6.92 Å². The number of fused-ring (bicyclic) bond motifs is 1. The fourth-order valence-corrected chi connectivity index (χ4v) is 3.61. The van der Waals surface area contributed by atoms with Gasteiger partial charge < -0.3 is 19.8 Å². The van der Waals surface area contributed by atoms with Crippen molar-refractivity contribution in [1.29, 1.82) is 0 Å². The second-order valence-electron chi connectivity index (χ2n) is 6.38. The SMILES string of the molecule is CCOc1cc2ncnc(Nc3ccc(F)c(Cl)c3)c2cc1OC(=O)CSc1ncc[nH]1. The zero-order valence-electron chi connectivity index (χ0n) is 16.8. The first-order valence-corrected chi connectivity index (χ1v) is 10.9. The van der Waals surface area contributed by atoms with Crippen molar-refractivity contribution >= 4 is 51.7 Å². The maximum absolute atomic E-state index is 13.5. The largest absolute Gasteiger partial charge is 0.490 e. The van der Waals surface area contributed by atoms with E-state index in [1.165, 1.54) is 36.3 Å². The Balaban J connectivity index is 1.63. The summed E-state index contributed by atoms with van der Waals surface area (Å²) in [7, 11) is 0. The zero-order chi connectivity index (χ0) is 22.5. The molecule has 8 nitrogen and oxygen atoms in total. The smallest absolute Gasteiger partial charge is 0.321 e. The van der Waals surface area contributed by atoms with E-state index in [2.05, 4.69) is 25.3 Å². The second-order valence-corrected chi connectivity index (χ2v) is 7.75. The van der Waals surface area contributed by atoms with Crippen molar-refractivity contribution < 1.29 is 18.7 Å². The molecule has 0 fully saturated rings. The average molecular weight is 474 g/mol. The number of ether oxygens (including phenoxy) is 2. The van der Waals surface area contributed by atoms with Crippen LogP contribution in [0.15, 0.2) is 54.2 Å². The van der Waals surface area contributed by atoms with E-state index in [4.69, 9.17) is 21.1 Å². The van der Waals surface area contributed by atoms with Crippen LogP contribution >= 0.6 is 23.4 Å². The highest BCUT2D eigenvalue weighted by atomic mass is 35.5. The number of H-pyrrole nitrogens is 1. The van der Waals surface area contributed by atoms with Gasteiger partial charge in [-0.2, -0.15) is 0 Å². The van der Waals surface area contributed by atoms with E-state index in [1.54, 1.807) is 24.5 Å². The molecular formula is C21H17ClFN5O3S. The van der Waals surface area contributed by atoms with Gasteiger partial charge >= 0.3 is 5.97 Å². The van der Waals surface area contributed by atoms with E-state index in [1.807, 2.05) is 6.92 Å². The normalized spacial score (nSPS) is 10.8. The van der Waals surface area contributed by atoms with E-state index >= 15 is 0 Å². The number of carbonyl (C=O) groups excluding carboxylic acids is 1. The van der Waals surface area contributed by atoms with Crippen LogP contribution in [0.3, 0.4) is 0 Å². The number of nitrogens with one attached hydrogen (secondary N) is 2. The molecule has 11 heteroatoms. The number of thioether (sulfide) groups is 1. The van der Waals surface area contributed by atoms with E-state index in [9.17, 15) is 9.18 Å². The first kappa shape index (κ1) is 21.8. The van der Waals surface area contributed by atoms with E-state index in [0.29, 0.717) is 39.9 Å². The summed E-state index contributed by atoms with van der Waals surface area (Å²) in [5.74, 6) is 0.117. The molecule has 0 aliphatic rings. The van der Waals surface area contributed by atoms with Crippen LogP contribution in [0.5, 0.6) is 11.5 Å². The van der Waals surface area contributed by atoms with E-state index < -0.39 is 11.8 Å². The maximum atomic E-state index is 13.5. The van der Waals surface area contributed by atoms with Gasteiger partial charge in [0.1, 0.15) is 18.0 Å². The number of aromatic amines is 1. The van der Waals surface area contributed by atoms with Crippen LogP contribution in [-0.4, -0.2) is 38.3 Å². The summed E-state index contributed by atoms with van der Waals surface area (Å²) in [6, 6.07) is 7.54. The molecule has 4 aromatic rings. The van der Waals surface area contributed by atoms with Crippen molar-refractivity contribution in [2.24, 2.45) is 0 Å². The molecular weight excluding hydrogens is 457 g/mol. The van der Waals surface area contributed by atoms with Crippen molar-refractivity contribution in [2.75, 3.05) is 17.7 Å². The van der Waals surface area contributed by atoms with E-state index in [0.717, 1.165) is 0 Å². The highest BCUT2D eigenvalue weighted by molar-refractivity contribution is 7.99. The molecule has 0 aliphatic carbocycles. The topological polar surface area (TPSA) is 102 Å². The third-order valence-electron chi connectivity index (χ3n) is 4.21. The lowest BCUT2D eigenvalue weighted by molar-refractivity contribution is -0.131. The Kier molecular flexibility index (Phi) is 6.72. The number of halogens is 2. The maximum Gasteiger partial charge on any atom is 0.321 e. The van der Waals surface area contributed by atoms with Gasteiger partial charge in [-0.25, -0.2) is 19.3 Å². The van der Waals surface area contributed by atoms with Gasteiger partial charge in [-0.1, -0.05) is 23.4 Å². The number of benzene rings is 2. The number of hydrogen-bond donors (Lipinski definition) is 2. The molecule has 0 aliphatic heterocycles. The number of aromatic nitrogens is 4. The third kappa shape index (κ3) is 5.09. The van der Waals surface area contributed by atoms with Crippen molar-refractivity contribution in [3.05, 3.63) is 59.9 Å². The van der Waals surface area contributed by atoms with Crippen LogP contribution < -0.4 is 14.8 Å². The summed E-state index contributed by atoms with van der Waals surface area (Å²) in [6.07, 6.45) is 4.66. The Morgan fingerprint density at radius 1 is 1.22 bits per heavy atom. The Morgan fingerprint density at radius 2 is 2.09 bits per heavy atom. The molecule has 0 saturated carbocycles. The minimum atomic E-state index is -0.521. The lowest BCUT2D eigenvalue weighted by Crippen LogP contribution is -2.12. The predicted octanol–water partition coefficient (Wildman–Crippen LogP) is 4.99. The zero-order valence-corrected chi connectivity index (χ0v) is 18.3. The van der Waals surface area contributed by atoms with Crippen LogP contribution in [0.4, 0.5) is 15.9 Å². The van der Waals surface area contributed by atoms with Gasteiger partial charge in [0.15, 0.2) is 16.7 Å². The first-order valence-electron chi connectivity index (χ1n) is 9.50. The van der Waals surface area contributed by atoms with Gasteiger partial charge in [-0.15, -0.1) is 0 Å². The third-order valence-corrected chi connectivity index (χ3v) is 5.37. The summed E-state index contributed by atoms with van der Waals surface area (Å²) in [5, 5.41) is 4.27. The molecule has 164 valence electrons. The van der Waals surface area contributed by atoms with Crippen LogP contribution in [-0.2, 0) is 4.79 Å². The minimum absolute atomic E-state index is 0.0179. The van der Waals surface area contributed by atoms with Crippen LogP contribution in [0.2, 0.25) is 5.02 Å². The number of hydrogen-bond acceptors (Lipinski definition) is 8. The molecule has 0 radical (unpaired) electrons.